The van der Waals surface area contributed by atoms with Crippen molar-refractivity contribution in [2.45, 2.75) is 13.3 Å². The van der Waals surface area contributed by atoms with Gasteiger partial charge in [0, 0.05) is 49.5 Å². The highest BCUT2D eigenvalue weighted by Crippen LogP contribution is 2.47. The minimum absolute atomic E-state index is 0.900. The summed E-state index contributed by atoms with van der Waals surface area (Å²) in [5, 5.41) is 12.7. The minimum Gasteiger partial charge on any atom is -0.308 e. The maximum Gasteiger partial charge on any atom is 0.141 e. The highest BCUT2D eigenvalue weighted by molar-refractivity contribution is 6.34. The van der Waals surface area contributed by atoms with Gasteiger partial charge in [0.15, 0.2) is 0 Å². The molecule has 4 aromatic heterocycles. The molecule has 0 bridgehead atoms. The number of aromatic nitrogens is 3. The molecule has 0 saturated carbocycles. The van der Waals surface area contributed by atoms with Gasteiger partial charge in [0.2, 0.25) is 0 Å². The van der Waals surface area contributed by atoms with Crippen LogP contribution >= 0.6 is 0 Å². The first-order chi connectivity index (χ1) is 20.8. The van der Waals surface area contributed by atoms with Crippen LogP contribution in [0.4, 0.5) is 0 Å². The zero-order chi connectivity index (χ0) is 27.5. The maximum atomic E-state index is 5.20. The third-order valence-corrected chi connectivity index (χ3v) is 9.41. The first-order valence-electron chi connectivity index (χ1n) is 14.7. The van der Waals surface area contributed by atoms with Crippen molar-refractivity contribution in [2.75, 3.05) is 0 Å². The second-order valence-electron chi connectivity index (χ2n) is 11.5. The van der Waals surface area contributed by atoms with Crippen molar-refractivity contribution < 1.29 is 0 Å². The largest absolute Gasteiger partial charge is 0.308 e. The van der Waals surface area contributed by atoms with Crippen LogP contribution in [0.15, 0.2) is 121 Å². The summed E-state index contributed by atoms with van der Waals surface area (Å²) >= 11 is 0. The van der Waals surface area contributed by atoms with Gasteiger partial charge in [0.25, 0.3) is 0 Å². The van der Waals surface area contributed by atoms with Crippen molar-refractivity contribution in [3.63, 3.8) is 0 Å². The molecule has 0 saturated heterocycles. The summed E-state index contributed by atoms with van der Waals surface area (Å²) in [7, 11) is 0. The second-order valence-corrected chi connectivity index (χ2v) is 11.5. The molecular weight excluding hydrogens is 510 g/mol. The Bertz CT molecular complexity index is 2720. The number of hydrogen-bond acceptors (Lipinski definition) is 1. The van der Waals surface area contributed by atoms with Gasteiger partial charge in [0.05, 0.1) is 27.6 Å². The van der Waals surface area contributed by atoms with Crippen molar-refractivity contribution in [2.24, 2.45) is 0 Å². The van der Waals surface area contributed by atoms with Crippen molar-refractivity contribution in [1.82, 2.24) is 14.0 Å². The van der Waals surface area contributed by atoms with Crippen LogP contribution in [0.2, 0.25) is 0 Å². The van der Waals surface area contributed by atoms with Gasteiger partial charge in [-0.1, -0.05) is 91.9 Å². The van der Waals surface area contributed by atoms with Crippen LogP contribution in [0.3, 0.4) is 0 Å². The predicted octanol–water partition coefficient (Wildman–Crippen LogP) is 10.2. The van der Waals surface area contributed by atoms with E-state index < -0.39 is 0 Å². The van der Waals surface area contributed by atoms with Gasteiger partial charge in [-0.25, -0.2) is 4.98 Å². The molecule has 42 heavy (non-hydrogen) atoms. The van der Waals surface area contributed by atoms with E-state index in [0.717, 1.165) is 12.2 Å². The molecule has 0 unspecified atom stereocenters. The lowest BCUT2D eigenvalue weighted by atomic mass is 10.0. The molecule has 3 heteroatoms. The lowest BCUT2D eigenvalue weighted by molar-refractivity contribution is 1.02. The molecular formula is C39H25N3. The Morgan fingerprint density at radius 2 is 1.14 bits per heavy atom. The smallest absolute Gasteiger partial charge is 0.141 e. The summed E-state index contributed by atoms with van der Waals surface area (Å²) in [5.41, 5.74) is 7.50. The normalized spacial score (nSPS) is 12.5. The Labute approximate surface area is 241 Å². The molecule has 3 nitrogen and oxygen atoms in total. The Morgan fingerprint density at radius 3 is 1.93 bits per heavy atom. The van der Waals surface area contributed by atoms with Crippen LogP contribution < -0.4 is 0 Å². The van der Waals surface area contributed by atoms with Gasteiger partial charge in [-0.05, 0) is 52.9 Å². The van der Waals surface area contributed by atoms with Crippen LogP contribution in [0.5, 0.6) is 0 Å². The molecule has 196 valence electrons. The molecule has 4 heterocycles. The third kappa shape index (κ3) is 2.64. The molecule has 0 fully saturated rings. The quantitative estimate of drug-likeness (QED) is 0.216. The first-order valence-corrected chi connectivity index (χ1v) is 14.7. The molecule has 0 radical (unpaired) electrons. The average Bonchev–Trinajstić information content (AvgIpc) is 3.67. The topological polar surface area (TPSA) is 22.2 Å². The maximum absolute atomic E-state index is 5.20. The summed E-state index contributed by atoms with van der Waals surface area (Å²) < 4.78 is 4.95. The summed E-state index contributed by atoms with van der Waals surface area (Å²) in [6, 6.07) is 42.3. The highest BCUT2D eigenvalue weighted by Gasteiger charge is 2.25. The number of rotatable bonds is 2. The number of para-hydroxylation sites is 2. The Kier molecular flexibility index (Phi) is 4.17. The van der Waals surface area contributed by atoms with Crippen molar-refractivity contribution in [1.29, 1.82) is 0 Å². The molecule has 0 aliphatic heterocycles. The van der Waals surface area contributed by atoms with E-state index >= 15 is 0 Å². The standard InChI is InChI=1S/C39H25N3/c1-2-26-27-14-6-5-13-25(27)22-40-39(26)42-34-18-10-8-16-29(34)31-21-30-28-15-7-9-17-33(28)41-35-20-24-12-4-3-11-23(24)19-32(35)36(37(30)41)38(31)42/h3-22H,2H2,1H3. The van der Waals surface area contributed by atoms with Crippen molar-refractivity contribution in [3.05, 3.63) is 127 Å². The molecule has 0 aliphatic rings. The van der Waals surface area contributed by atoms with E-state index in [-0.39, 0.29) is 0 Å². The van der Waals surface area contributed by atoms with E-state index in [1.807, 2.05) is 6.20 Å². The van der Waals surface area contributed by atoms with Gasteiger partial charge >= 0.3 is 0 Å². The van der Waals surface area contributed by atoms with E-state index in [4.69, 9.17) is 4.98 Å². The fraction of sp³-hybridized carbons (Fsp3) is 0.0513. The number of nitrogens with zero attached hydrogens (tertiary/aromatic N) is 3. The Balaban J connectivity index is 1.53. The lowest BCUT2D eigenvalue weighted by Crippen LogP contribution is -2.03. The fourth-order valence-electron chi connectivity index (χ4n) is 7.66. The van der Waals surface area contributed by atoms with Crippen LogP contribution in [-0.2, 0) is 6.42 Å². The number of hydrogen-bond donors (Lipinski definition) is 0. The molecule has 10 aromatic rings. The Morgan fingerprint density at radius 1 is 0.524 bits per heavy atom. The predicted molar refractivity (Wildman–Crippen MR) is 178 cm³/mol. The number of benzene rings is 6. The first kappa shape index (κ1) is 22.3. The summed E-state index contributed by atoms with van der Waals surface area (Å²) in [6.45, 7) is 2.25. The van der Waals surface area contributed by atoms with E-state index in [0.29, 0.717) is 0 Å². The lowest BCUT2D eigenvalue weighted by Gasteiger charge is -2.14. The van der Waals surface area contributed by atoms with Gasteiger partial charge < -0.3 is 4.40 Å². The molecule has 0 aliphatic carbocycles. The number of pyridine rings is 1. The monoisotopic (exact) mass is 535 g/mol. The summed E-state index contributed by atoms with van der Waals surface area (Å²) in [5.74, 6) is 1.02. The summed E-state index contributed by atoms with van der Waals surface area (Å²) in [4.78, 5) is 5.20. The van der Waals surface area contributed by atoms with Crippen LogP contribution in [-0.4, -0.2) is 14.0 Å². The minimum atomic E-state index is 0.900. The van der Waals surface area contributed by atoms with E-state index in [2.05, 4.69) is 131 Å². The van der Waals surface area contributed by atoms with Gasteiger partial charge in [-0.3, -0.25) is 4.57 Å². The molecule has 0 spiro atoms. The van der Waals surface area contributed by atoms with Crippen molar-refractivity contribution in [3.8, 4) is 5.82 Å². The van der Waals surface area contributed by atoms with Gasteiger partial charge in [-0.2, -0.15) is 0 Å². The highest BCUT2D eigenvalue weighted by atomic mass is 15.1. The van der Waals surface area contributed by atoms with Crippen LogP contribution in [0, 0.1) is 0 Å². The van der Waals surface area contributed by atoms with Crippen LogP contribution in [0.25, 0.3) is 87.3 Å². The number of fused-ring (bicyclic) bond motifs is 12. The Hall–Kier alpha value is -5.41. The molecule has 6 aromatic carbocycles. The SMILES string of the molecule is CCc1c(-n2c3ccccc3c3cc4c5ccccc5n5c6cc7ccccc7cc6c(c32)c45)ncc2ccccc12. The van der Waals surface area contributed by atoms with Gasteiger partial charge in [0.1, 0.15) is 5.82 Å². The van der Waals surface area contributed by atoms with E-state index in [1.54, 1.807) is 0 Å². The van der Waals surface area contributed by atoms with E-state index in [9.17, 15) is 0 Å². The second kappa shape index (κ2) is 7.86. The number of aryl methyl sites for hydroxylation is 1. The summed E-state index contributed by atoms with van der Waals surface area (Å²) in [6.07, 6.45) is 2.94. The average molecular weight is 536 g/mol. The zero-order valence-electron chi connectivity index (χ0n) is 23.1. The molecule has 0 amide bonds. The third-order valence-electron chi connectivity index (χ3n) is 9.41. The molecule has 0 atom stereocenters. The fourth-order valence-corrected chi connectivity index (χ4v) is 7.66. The van der Waals surface area contributed by atoms with Crippen molar-refractivity contribution >= 4 is 81.4 Å². The van der Waals surface area contributed by atoms with Crippen LogP contribution in [0.1, 0.15) is 12.5 Å². The molecule has 10 rings (SSSR count). The van der Waals surface area contributed by atoms with Gasteiger partial charge in [-0.15, -0.1) is 0 Å². The zero-order valence-corrected chi connectivity index (χ0v) is 23.1. The molecule has 0 N–H and O–H groups in total. The van der Waals surface area contributed by atoms with E-state index in [1.165, 1.54) is 87.0 Å².